The van der Waals surface area contributed by atoms with E-state index in [0.717, 1.165) is 39.1 Å². The highest BCUT2D eigenvalue weighted by Gasteiger charge is 2.10. The fourth-order valence-corrected chi connectivity index (χ4v) is 3.47. The van der Waals surface area contributed by atoms with Gasteiger partial charge in [0.25, 0.3) is 0 Å². The Balaban J connectivity index is 3.43. The zero-order valence-electron chi connectivity index (χ0n) is 19.4. The van der Waals surface area contributed by atoms with Crippen LogP contribution in [0.3, 0.4) is 0 Å². The quantitative estimate of drug-likeness (QED) is 0.151. The van der Waals surface area contributed by atoms with Gasteiger partial charge < -0.3 is 9.64 Å². The van der Waals surface area contributed by atoms with Crippen molar-refractivity contribution < 1.29 is 9.53 Å². The Morgan fingerprint density at radius 2 is 1.32 bits per heavy atom. The lowest BCUT2D eigenvalue weighted by atomic mass is 10.1. The first-order valence-corrected chi connectivity index (χ1v) is 12.3. The summed E-state index contributed by atoms with van der Waals surface area (Å²) in [5.74, 6) is 0.316. The molecule has 0 spiro atoms. The topological polar surface area (TPSA) is 29.5 Å². The number of hydrogen-bond acceptors (Lipinski definition) is 2. The molecule has 3 nitrogen and oxygen atoms in total. The maximum Gasteiger partial charge on any atom is 0.222 e. The highest BCUT2D eigenvalue weighted by Crippen LogP contribution is 2.11. The van der Waals surface area contributed by atoms with E-state index in [1.54, 1.807) is 0 Å². The standard InChI is InChI=1S/C25H49NO2/c1-4-7-8-9-10-11-12-13-14-15-16-17-18-19-20-22-25(27)26(5-2)23-21-24-28-6-3/h13-14H,4-12,15-24H2,1-3H3/b14-13-. The molecule has 0 saturated carbocycles. The van der Waals surface area contributed by atoms with Crippen LogP contribution in [0.4, 0.5) is 0 Å². The van der Waals surface area contributed by atoms with Gasteiger partial charge in [-0.05, 0) is 52.4 Å². The number of rotatable bonds is 21. The van der Waals surface area contributed by atoms with Crippen LogP contribution in [0.2, 0.25) is 0 Å². The Morgan fingerprint density at radius 1 is 0.750 bits per heavy atom. The maximum atomic E-state index is 12.2. The summed E-state index contributed by atoms with van der Waals surface area (Å²) < 4.78 is 5.36. The molecule has 0 rings (SSSR count). The van der Waals surface area contributed by atoms with Gasteiger partial charge in [0, 0.05) is 32.7 Å². The molecule has 0 unspecified atom stereocenters. The largest absolute Gasteiger partial charge is 0.382 e. The smallest absolute Gasteiger partial charge is 0.222 e. The predicted molar refractivity (Wildman–Crippen MR) is 123 cm³/mol. The molecule has 0 aliphatic carbocycles. The van der Waals surface area contributed by atoms with Gasteiger partial charge in [0.05, 0.1) is 0 Å². The fourth-order valence-electron chi connectivity index (χ4n) is 3.47. The lowest BCUT2D eigenvalue weighted by molar-refractivity contribution is -0.131. The van der Waals surface area contributed by atoms with E-state index in [2.05, 4.69) is 26.0 Å². The van der Waals surface area contributed by atoms with Crippen molar-refractivity contribution in [1.82, 2.24) is 4.90 Å². The van der Waals surface area contributed by atoms with Crippen LogP contribution in [0, 0.1) is 0 Å². The molecule has 166 valence electrons. The third kappa shape index (κ3) is 18.5. The highest BCUT2D eigenvalue weighted by atomic mass is 16.5. The van der Waals surface area contributed by atoms with E-state index in [-0.39, 0.29) is 0 Å². The van der Waals surface area contributed by atoms with Crippen LogP contribution in [0.5, 0.6) is 0 Å². The fraction of sp³-hybridized carbons (Fsp3) is 0.880. The van der Waals surface area contributed by atoms with Crippen LogP contribution < -0.4 is 0 Å². The van der Waals surface area contributed by atoms with Gasteiger partial charge in [0.15, 0.2) is 0 Å². The third-order valence-corrected chi connectivity index (χ3v) is 5.31. The minimum absolute atomic E-state index is 0.316. The number of carbonyl (C=O) groups is 1. The highest BCUT2D eigenvalue weighted by molar-refractivity contribution is 5.76. The van der Waals surface area contributed by atoms with E-state index in [1.165, 1.54) is 77.0 Å². The number of amides is 1. The summed E-state index contributed by atoms with van der Waals surface area (Å²) >= 11 is 0. The van der Waals surface area contributed by atoms with Gasteiger partial charge in [-0.3, -0.25) is 4.79 Å². The van der Waals surface area contributed by atoms with E-state index in [1.807, 2.05) is 11.8 Å². The number of nitrogens with zero attached hydrogens (tertiary/aromatic N) is 1. The molecular weight excluding hydrogens is 346 g/mol. The molecule has 0 saturated heterocycles. The minimum Gasteiger partial charge on any atom is -0.382 e. The summed E-state index contributed by atoms with van der Waals surface area (Å²) in [6, 6.07) is 0. The van der Waals surface area contributed by atoms with Gasteiger partial charge in [-0.25, -0.2) is 0 Å². The van der Waals surface area contributed by atoms with Crippen LogP contribution in [-0.2, 0) is 9.53 Å². The molecule has 0 aromatic carbocycles. The normalized spacial score (nSPS) is 11.4. The Kier molecular flexibility index (Phi) is 21.8. The zero-order chi connectivity index (χ0) is 20.7. The summed E-state index contributed by atoms with van der Waals surface area (Å²) in [7, 11) is 0. The summed E-state index contributed by atoms with van der Waals surface area (Å²) in [5, 5.41) is 0. The average Bonchev–Trinajstić information content (AvgIpc) is 2.70. The van der Waals surface area contributed by atoms with Crippen LogP contribution in [-0.4, -0.2) is 37.1 Å². The van der Waals surface area contributed by atoms with Crippen molar-refractivity contribution >= 4 is 5.91 Å². The number of ether oxygens (including phenoxy) is 1. The Morgan fingerprint density at radius 3 is 1.89 bits per heavy atom. The summed E-state index contributed by atoms with van der Waals surface area (Å²) in [6.45, 7) is 9.52. The summed E-state index contributed by atoms with van der Waals surface area (Å²) in [5.41, 5.74) is 0. The molecule has 0 heterocycles. The molecule has 0 radical (unpaired) electrons. The lowest BCUT2D eigenvalue weighted by Gasteiger charge is -2.20. The molecule has 0 bridgehead atoms. The van der Waals surface area contributed by atoms with Gasteiger partial charge in [0.1, 0.15) is 0 Å². The molecule has 0 aromatic rings. The monoisotopic (exact) mass is 395 g/mol. The van der Waals surface area contributed by atoms with E-state index in [0.29, 0.717) is 12.3 Å². The Bertz CT molecular complexity index is 354. The minimum atomic E-state index is 0.316. The van der Waals surface area contributed by atoms with E-state index in [4.69, 9.17) is 4.74 Å². The first-order chi connectivity index (χ1) is 13.8. The second-order valence-corrected chi connectivity index (χ2v) is 7.86. The summed E-state index contributed by atoms with van der Waals surface area (Å²) in [6.07, 6.45) is 23.3. The van der Waals surface area contributed by atoms with E-state index in [9.17, 15) is 4.79 Å². The Labute approximate surface area is 176 Å². The molecule has 28 heavy (non-hydrogen) atoms. The van der Waals surface area contributed by atoms with Crippen molar-refractivity contribution in [2.75, 3.05) is 26.3 Å². The van der Waals surface area contributed by atoms with Gasteiger partial charge in [-0.2, -0.15) is 0 Å². The number of carbonyl (C=O) groups excluding carboxylic acids is 1. The van der Waals surface area contributed by atoms with Crippen molar-refractivity contribution in [3.63, 3.8) is 0 Å². The summed E-state index contributed by atoms with van der Waals surface area (Å²) in [4.78, 5) is 14.2. The van der Waals surface area contributed by atoms with Crippen molar-refractivity contribution in [3.05, 3.63) is 12.2 Å². The molecule has 0 fully saturated rings. The molecule has 0 N–H and O–H groups in total. The Hall–Kier alpha value is -0.830. The van der Waals surface area contributed by atoms with E-state index < -0.39 is 0 Å². The first-order valence-electron chi connectivity index (χ1n) is 12.3. The van der Waals surface area contributed by atoms with Gasteiger partial charge in [0.2, 0.25) is 5.91 Å². The van der Waals surface area contributed by atoms with Crippen LogP contribution in [0.1, 0.15) is 117 Å². The van der Waals surface area contributed by atoms with Crippen LogP contribution in [0.25, 0.3) is 0 Å². The lowest BCUT2D eigenvalue weighted by Crippen LogP contribution is -2.32. The number of unbranched alkanes of at least 4 members (excludes halogenated alkanes) is 11. The maximum absolute atomic E-state index is 12.2. The molecule has 0 atom stereocenters. The van der Waals surface area contributed by atoms with Gasteiger partial charge in [-0.15, -0.1) is 0 Å². The molecule has 0 aliphatic heterocycles. The molecular formula is C25H49NO2. The zero-order valence-corrected chi connectivity index (χ0v) is 19.4. The second-order valence-electron chi connectivity index (χ2n) is 7.86. The first kappa shape index (κ1) is 27.2. The van der Waals surface area contributed by atoms with E-state index >= 15 is 0 Å². The molecule has 0 aliphatic rings. The molecule has 1 amide bonds. The van der Waals surface area contributed by atoms with Crippen molar-refractivity contribution in [1.29, 1.82) is 0 Å². The van der Waals surface area contributed by atoms with Crippen molar-refractivity contribution in [2.45, 2.75) is 117 Å². The van der Waals surface area contributed by atoms with Gasteiger partial charge >= 0.3 is 0 Å². The molecule has 3 heteroatoms. The predicted octanol–water partition coefficient (Wildman–Crippen LogP) is 7.30. The second kappa shape index (κ2) is 22.5. The third-order valence-electron chi connectivity index (χ3n) is 5.31. The SMILES string of the molecule is CCCCCCCC/C=C\CCCCCCCC(=O)N(CC)CCCOCC. The van der Waals surface area contributed by atoms with Crippen molar-refractivity contribution in [2.24, 2.45) is 0 Å². The number of allylic oxidation sites excluding steroid dienone is 2. The molecule has 0 aromatic heterocycles. The van der Waals surface area contributed by atoms with Crippen LogP contribution >= 0.6 is 0 Å². The number of hydrogen-bond donors (Lipinski definition) is 0. The average molecular weight is 396 g/mol. The van der Waals surface area contributed by atoms with Crippen LogP contribution in [0.15, 0.2) is 12.2 Å². The van der Waals surface area contributed by atoms with Gasteiger partial charge in [-0.1, -0.05) is 70.4 Å². The van der Waals surface area contributed by atoms with Crippen molar-refractivity contribution in [3.8, 4) is 0 Å².